The van der Waals surface area contributed by atoms with Crippen molar-refractivity contribution in [1.29, 1.82) is 0 Å². The maximum absolute atomic E-state index is 11.5. The smallest absolute Gasteiger partial charge is 0.178 e. The summed E-state index contributed by atoms with van der Waals surface area (Å²) in [5.41, 5.74) is 3.07. The number of rotatable bonds is 1. The lowest BCUT2D eigenvalue weighted by Crippen LogP contribution is -2.28. The molecule has 1 spiro atoms. The molecule has 0 saturated heterocycles. The van der Waals surface area contributed by atoms with Crippen LogP contribution in [0.1, 0.15) is 29.2 Å². The summed E-state index contributed by atoms with van der Waals surface area (Å²) < 4.78 is 5.48. The highest BCUT2D eigenvalue weighted by atomic mass is 16.5. The van der Waals surface area contributed by atoms with E-state index >= 15 is 0 Å². The minimum atomic E-state index is -0.357. The first-order valence-electron chi connectivity index (χ1n) is 7.24. The van der Waals surface area contributed by atoms with Gasteiger partial charge in [-0.25, -0.2) is 0 Å². The van der Waals surface area contributed by atoms with Gasteiger partial charge in [-0.2, -0.15) is 0 Å². The van der Waals surface area contributed by atoms with Crippen LogP contribution < -0.4 is 10.1 Å². The highest BCUT2D eigenvalue weighted by Gasteiger charge is 2.46. The standard InChI is InChI=1S/C17H17NO3/c1-21-16-13(20)8-10-4-7-18-12-9-17(15(16)14(10)12)5-2-11(19)3-6-17/h2-3,5-6,8,12,18,20H,4,7,9H2,1H3. The Hall–Kier alpha value is -2.07. The van der Waals surface area contributed by atoms with E-state index < -0.39 is 0 Å². The van der Waals surface area contributed by atoms with E-state index in [-0.39, 0.29) is 23.0 Å². The number of benzene rings is 1. The lowest BCUT2D eigenvalue weighted by molar-refractivity contribution is -0.110. The maximum atomic E-state index is 11.5. The van der Waals surface area contributed by atoms with Gasteiger partial charge in [0, 0.05) is 17.0 Å². The Morgan fingerprint density at radius 2 is 2.14 bits per heavy atom. The molecule has 21 heavy (non-hydrogen) atoms. The minimum absolute atomic E-state index is 0.00722. The Morgan fingerprint density at radius 1 is 1.38 bits per heavy atom. The first kappa shape index (κ1) is 12.7. The molecule has 0 amide bonds. The zero-order chi connectivity index (χ0) is 14.6. The number of methoxy groups -OCH3 is 1. The summed E-state index contributed by atoms with van der Waals surface area (Å²) in [6.07, 6.45) is 8.90. The number of hydrogen-bond acceptors (Lipinski definition) is 4. The molecule has 1 aromatic rings. The van der Waals surface area contributed by atoms with Crippen molar-refractivity contribution in [2.75, 3.05) is 13.7 Å². The van der Waals surface area contributed by atoms with Crippen molar-refractivity contribution in [3.63, 3.8) is 0 Å². The van der Waals surface area contributed by atoms with Crippen molar-refractivity contribution in [1.82, 2.24) is 5.32 Å². The van der Waals surface area contributed by atoms with Gasteiger partial charge in [-0.3, -0.25) is 4.79 Å². The molecule has 0 saturated carbocycles. The number of fused-ring (bicyclic) bond motifs is 1. The number of nitrogens with one attached hydrogen (secondary N) is 1. The summed E-state index contributed by atoms with van der Waals surface area (Å²) >= 11 is 0. The number of allylic oxidation sites excluding steroid dienone is 4. The molecule has 0 aromatic heterocycles. The highest BCUT2D eigenvalue weighted by Crippen LogP contribution is 2.56. The number of phenols is 1. The van der Waals surface area contributed by atoms with Crippen LogP contribution in [0.2, 0.25) is 0 Å². The van der Waals surface area contributed by atoms with Gasteiger partial charge in [-0.05, 0) is 48.7 Å². The number of carbonyl (C=O) groups is 1. The Kier molecular flexibility index (Phi) is 2.54. The molecule has 1 atom stereocenters. The first-order chi connectivity index (χ1) is 10.1. The third-order valence-electron chi connectivity index (χ3n) is 4.82. The number of ketones is 1. The molecule has 1 aromatic carbocycles. The zero-order valence-corrected chi connectivity index (χ0v) is 11.8. The van der Waals surface area contributed by atoms with E-state index in [1.807, 2.05) is 18.2 Å². The van der Waals surface area contributed by atoms with Gasteiger partial charge < -0.3 is 15.2 Å². The normalized spacial score (nSPS) is 24.4. The first-order valence-corrected chi connectivity index (χ1v) is 7.24. The number of hydrogen-bond donors (Lipinski definition) is 2. The van der Waals surface area contributed by atoms with Crippen LogP contribution in [0.5, 0.6) is 11.5 Å². The van der Waals surface area contributed by atoms with E-state index in [0.717, 1.165) is 24.9 Å². The van der Waals surface area contributed by atoms with E-state index in [1.54, 1.807) is 19.3 Å². The van der Waals surface area contributed by atoms with Gasteiger partial charge in [-0.15, -0.1) is 0 Å². The molecule has 1 unspecified atom stereocenters. The van der Waals surface area contributed by atoms with Crippen molar-refractivity contribution in [2.45, 2.75) is 24.3 Å². The predicted molar refractivity (Wildman–Crippen MR) is 78.7 cm³/mol. The fourth-order valence-electron chi connectivity index (χ4n) is 3.97. The van der Waals surface area contributed by atoms with Crippen LogP contribution in [0.25, 0.3) is 0 Å². The van der Waals surface area contributed by atoms with Crippen LogP contribution in [0.4, 0.5) is 0 Å². The summed E-state index contributed by atoms with van der Waals surface area (Å²) in [7, 11) is 1.58. The molecule has 108 valence electrons. The lowest BCUT2D eigenvalue weighted by Gasteiger charge is -2.27. The van der Waals surface area contributed by atoms with E-state index in [9.17, 15) is 9.90 Å². The molecule has 0 fully saturated rings. The van der Waals surface area contributed by atoms with E-state index in [2.05, 4.69) is 5.32 Å². The summed E-state index contributed by atoms with van der Waals surface area (Å²) in [6.45, 7) is 0.908. The topological polar surface area (TPSA) is 58.6 Å². The van der Waals surface area contributed by atoms with Gasteiger partial charge in [0.15, 0.2) is 17.3 Å². The number of phenolic OH excluding ortho intramolecular Hbond substituents is 1. The van der Waals surface area contributed by atoms with Crippen LogP contribution >= 0.6 is 0 Å². The van der Waals surface area contributed by atoms with E-state index in [1.165, 1.54) is 11.1 Å². The van der Waals surface area contributed by atoms with Gasteiger partial charge >= 0.3 is 0 Å². The quantitative estimate of drug-likeness (QED) is 0.827. The summed E-state index contributed by atoms with van der Waals surface area (Å²) in [4.78, 5) is 11.5. The molecule has 4 heteroatoms. The SMILES string of the molecule is COc1c(O)cc2c3c1C1(C=CC(=O)C=C1)CC3NCC2. The average Bonchev–Trinajstić information content (AvgIpc) is 2.79. The highest BCUT2D eigenvalue weighted by molar-refractivity contribution is 6.01. The average molecular weight is 283 g/mol. The molecule has 4 rings (SSSR count). The molecule has 2 N–H and O–H groups in total. The van der Waals surface area contributed by atoms with E-state index in [0.29, 0.717) is 5.75 Å². The molecule has 0 radical (unpaired) electrons. The van der Waals surface area contributed by atoms with Crippen LogP contribution in [-0.2, 0) is 16.6 Å². The molecule has 4 nitrogen and oxygen atoms in total. The molecule has 3 aliphatic rings. The monoisotopic (exact) mass is 283 g/mol. The summed E-state index contributed by atoms with van der Waals surface area (Å²) in [5, 5.41) is 13.8. The predicted octanol–water partition coefficient (Wildman–Crippen LogP) is 1.92. The van der Waals surface area contributed by atoms with Crippen LogP contribution in [0.3, 0.4) is 0 Å². The third kappa shape index (κ3) is 1.62. The van der Waals surface area contributed by atoms with Crippen molar-refractivity contribution < 1.29 is 14.6 Å². The van der Waals surface area contributed by atoms with Crippen LogP contribution in [0, 0.1) is 0 Å². The van der Waals surface area contributed by atoms with Gasteiger partial charge in [0.05, 0.1) is 7.11 Å². The van der Waals surface area contributed by atoms with Crippen molar-refractivity contribution in [3.8, 4) is 11.5 Å². The second-order valence-electron chi connectivity index (χ2n) is 5.95. The molecular formula is C17H17NO3. The Balaban J connectivity index is 2.02. The van der Waals surface area contributed by atoms with Crippen LogP contribution in [0.15, 0.2) is 30.4 Å². The zero-order valence-electron chi connectivity index (χ0n) is 11.8. The summed E-state index contributed by atoms with van der Waals surface area (Å²) in [5.74, 6) is 0.725. The van der Waals surface area contributed by atoms with Gasteiger partial charge in [0.2, 0.25) is 0 Å². The minimum Gasteiger partial charge on any atom is -0.504 e. The fourth-order valence-corrected chi connectivity index (χ4v) is 3.97. The molecule has 2 aliphatic carbocycles. The van der Waals surface area contributed by atoms with Gasteiger partial charge in [-0.1, -0.05) is 12.2 Å². The molecule has 0 bridgehead atoms. The second kappa shape index (κ2) is 4.21. The van der Waals surface area contributed by atoms with Crippen LogP contribution in [-0.4, -0.2) is 24.5 Å². The number of carbonyl (C=O) groups excluding carboxylic acids is 1. The second-order valence-corrected chi connectivity index (χ2v) is 5.95. The van der Waals surface area contributed by atoms with Crippen molar-refractivity contribution in [3.05, 3.63) is 47.1 Å². The number of ether oxygens (including phenoxy) is 1. The fraction of sp³-hybridized carbons (Fsp3) is 0.353. The largest absolute Gasteiger partial charge is 0.504 e. The molecule has 1 aliphatic heterocycles. The third-order valence-corrected chi connectivity index (χ3v) is 4.82. The Bertz CT molecular complexity index is 686. The maximum Gasteiger partial charge on any atom is 0.178 e. The Labute approximate surface area is 123 Å². The van der Waals surface area contributed by atoms with Crippen molar-refractivity contribution in [2.24, 2.45) is 0 Å². The van der Waals surface area contributed by atoms with E-state index in [4.69, 9.17) is 4.74 Å². The number of aromatic hydroxyl groups is 1. The molecule has 1 heterocycles. The lowest BCUT2D eigenvalue weighted by atomic mass is 9.77. The van der Waals surface area contributed by atoms with Crippen molar-refractivity contribution >= 4 is 5.78 Å². The summed E-state index contributed by atoms with van der Waals surface area (Å²) in [6, 6.07) is 2.08. The van der Waals surface area contributed by atoms with Gasteiger partial charge in [0.25, 0.3) is 0 Å². The van der Waals surface area contributed by atoms with Gasteiger partial charge in [0.1, 0.15) is 0 Å². The Morgan fingerprint density at radius 3 is 2.86 bits per heavy atom. The molecular weight excluding hydrogens is 266 g/mol.